The molecule has 2 aliphatic rings. The largest absolute Gasteiger partial charge is 0.475 e. The first-order chi connectivity index (χ1) is 14.0. The molecular formula is C17H27N4O8P. The van der Waals surface area contributed by atoms with Gasteiger partial charge in [0.1, 0.15) is 18.0 Å². The molecule has 1 aromatic rings. The summed E-state index contributed by atoms with van der Waals surface area (Å²) in [5.74, 6) is -0.304. The third-order valence-electron chi connectivity index (χ3n) is 4.67. The zero-order chi connectivity index (χ0) is 22.1. The molecule has 168 valence electrons. The van der Waals surface area contributed by atoms with Crippen molar-refractivity contribution in [3.05, 3.63) is 22.7 Å². The van der Waals surface area contributed by atoms with Gasteiger partial charge in [-0.1, -0.05) is 0 Å². The number of phosphoric ester groups is 1. The Kier molecular flexibility index (Phi) is 6.66. The SMILES string of the molecule is CC(C)OC(=O)CCCO[P@@]1(=O)OC[C@H]2O[C@@H](n3ccc(N)nc3=O)[C@](C)(N)[C@@H]2O1. The van der Waals surface area contributed by atoms with Gasteiger partial charge in [0.25, 0.3) is 0 Å². The Morgan fingerprint density at radius 3 is 2.90 bits per heavy atom. The van der Waals surface area contributed by atoms with Crippen LogP contribution in [0.15, 0.2) is 17.1 Å². The lowest BCUT2D eigenvalue weighted by Crippen LogP contribution is -2.55. The maximum absolute atomic E-state index is 12.8. The number of carbonyl (C=O) groups is 1. The molecule has 5 atom stereocenters. The Balaban J connectivity index is 1.62. The number of anilines is 1. The van der Waals surface area contributed by atoms with E-state index in [1.807, 2.05) is 0 Å². The van der Waals surface area contributed by atoms with E-state index in [1.54, 1.807) is 20.8 Å². The van der Waals surface area contributed by atoms with E-state index in [9.17, 15) is 14.2 Å². The number of carbonyl (C=O) groups excluding carboxylic acids is 1. The molecule has 13 heteroatoms. The van der Waals surface area contributed by atoms with Crippen molar-refractivity contribution in [1.29, 1.82) is 0 Å². The molecule has 0 saturated carbocycles. The lowest BCUT2D eigenvalue weighted by atomic mass is 9.93. The molecule has 30 heavy (non-hydrogen) atoms. The van der Waals surface area contributed by atoms with Crippen molar-refractivity contribution in [3.8, 4) is 0 Å². The summed E-state index contributed by atoms with van der Waals surface area (Å²) in [6.45, 7) is 4.99. The van der Waals surface area contributed by atoms with Crippen molar-refractivity contribution in [1.82, 2.24) is 9.55 Å². The van der Waals surface area contributed by atoms with Crippen LogP contribution in [0.25, 0.3) is 0 Å². The Hall–Kier alpha value is -1.82. The molecule has 12 nitrogen and oxygen atoms in total. The molecule has 2 saturated heterocycles. The van der Waals surface area contributed by atoms with Crippen LogP contribution < -0.4 is 17.2 Å². The first-order valence-corrected chi connectivity index (χ1v) is 11.0. The van der Waals surface area contributed by atoms with Crippen molar-refractivity contribution in [2.24, 2.45) is 5.73 Å². The Labute approximate surface area is 173 Å². The predicted molar refractivity (Wildman–Crippen MR) is 104 cm³/mol. The van der Waals surface area contributed by atoms with Gasteiger partial charge in [0, 0.05) is 12.6 Å². The van der Waals surface area contributed by atoms with Crippen LogP contribution in [-0.2, 0) is 32.4 Å². The number of ether oxygens (including phenoxy) is 2. The highest BCUT2D eigenvalue weighted by atomic mass is 31.2. The molecule has 0 aliphatic carbocycles. The molecule has 4 N–H and O–H groups in total. The molecule has 0 bridgehead atoms. The van der Waals surface area contributed by atoms with Gasteiger partial charge in [-0.25, -0.2) is 9.36 Å². The van der Waals surface area contributed by atoms with E-state index < -0.39 is 37.5 Å². The predicted octanol–water partition coefficient (Wildman–Crippen LogP) is 0.712. The fourth-order valence-corrected chi connectivity index (χ4v) is 4.84. The highest BCUT2D eigenvalue weighted by Gasteiger charge is 2.59. The fraction of sp³-hybridized carbons (Fsp3) is 0.706. The van der Waals surface area contributed by atoms with Crippen molar-refractivity contribution in [2.45, 2.75) is 63.7 Å². The number of fused-ring (bicyclic) bond motifs is 1. The second-order valence-electron chi connectivity index (χ2n) is 7.68. The summed E-state index contributed by atoms with van der Waals surface area (Å²) in [5.41, 5.74) is 10.1. The van der Waals surface area contributed by atoms with Gasteiger partial charge in [0.2, 0.25) is 0 Å². The van der Waals surface area contributed by atoms with E-state index in [2.05, 4.69) is 4.98 Å². The van der Waals surface area contributed by atoms with Gasteiger partial charge < -0.3 is 20.9 Å². The molecule has 0 radical (unpaired) electrons. The second-order valence-corrected chi connectivity index (χ2v) is 9.30. The fourth-order valence-electron chi connectivity index (χ4n) is 3.32. The maximum Gasteiger partial charge on any atom is 0.475 e. The van der Waals surface area contributed by atoms with Crippen LogP contribution in [0.2, 0.25) is 0 Å². The minimum absolute atomic E-state index is 0.0330. The number of esters is 1. The maximum atomic E-state index is 12.8. The van der Waals surface area contributed by atoms with Gasteiger partial charge in [0.15, 0.2) is 6.23 Å². The first-order valence-electron chi connectivity index (χ1n) is 9.58. The third-order valence-corrected chi connectivity index (χ3v) is 6.12. The van der Waals surface area contributed by atoms with Gasteiger partial charge in [-0.2, -0.15) is 4.98 Å². The zero-order valence-corrected chi connectivity index (χ0v) is 17.9. The first kappa shape index (κ1) is 22.9. The quantitative estimate of drug-likeness (QED) is 0.344. The van der Waals surface area contributed by atoms with E-state index in [-0.39, 0.29) is 43.9 Å². The number of hydrogen-bond donors (Lipinski definition) is 2. The van der Waals surface area contributed by atoms with Crippen LogP contribution in [0, 0.1) is 0 Å². The van der Waals surface area contributed by atoms with Crippen LogP contribution in [-0.4, -0.2) is 52.6 Å². The lowest BCUT2D eigenvalue weighted by Gasteiger charge is -2.35. The van der Waals surface area contributed by atoms with Gasteiger partial charge in [0.05, 0.1) is 24.9 Å². The van der Waals surface area contributed by atoms with Crippen molar-refractivity contribution in [3.63, 3.8) is 0 Å². The summed E-state index contributed by atoms with van der Waals surface area (Å²) in [7, 11) is -3.92. The smallest absolute Gasteiger partial charge is 0.463 e. The van der Waals surface area contributed by atoms with E-state index in [0.29, 0.717) is 0 Å². The minimum Gasteiger partial charge on any atom is -0.463 e. The molecule has 2 fully saturated rings. The summed E-state index contributed by atoms with van der Waals surface area (Å²) in [6, 6.07) is 1.44. The van der Waals surface area contributed by atoms with Crippen molar-refractivity contribution >= 4 is 19.6 Å². The molecule has 0 aromatic carbocycles. The topological polar surface area (TPSA) is 167 Å². The van der Waals surface area contributed by atoms with Crippen LogP contribution in [0.4, 0.5) is 5.82 Å². The van der Waals surface area contributed by atoms with Gasteiger partial charge >= 0.3 is 19.5 Å². The van der Waals surface area contributed by atoms with Crippen LogP contribution in [0.3, 0.4) is 0 Å². The zero-order valence-electron chi connectivity index (χ0n) is 17.1. The van der Waals surface area contributed by atoms with Crippen LogP contribution >= 0.6 is 7.82 Å². The van der Waals surface area contributed by atoms with E-state index in [4.69, 9.17) is 34.5 Å². The number of phosphoric acid groups is 1. The molecule has 0 amide bonds. The Morgan fingerprint density at radius 2 is 2.23 bits per heavy atom. The Morgan fingerprint density at radius 1 is 1.50 bits per heavy atom. The van der Waals surface area contributed by atoms with Gasteiger partial charge in [-0.15, -0.1) is 0 Å². The average molecular weight is 446 g/mol. The van der Waals surface area contributed by atoms with Crippen LogP contribution in [0.1, 0.15) is 39.8 Å². The monoisotopic (exact) mass is 446 g/mol. The average Bonchev–Trinajstić information content (AvgIpc) is 2.89. The molecular weight excluding hydrogens is 419 g/mol. The van der Waals surface area contributed by atoms with E-state index in [0.717, 1.165) is 0 Å². The number of rotatable bonds is 7. The molecule has 2 aliphatic heterocycles. The number of nitrogen functional groups attached to an aromatic ring is 1. The normalized spacial score (nSPS) is 33.4. The lowest BCUT2D eigenvalue weighted by molar-refractivity contribution is -0.147. The van der Waals surface area contributed by atoms with Crippen LogP contribution in [0.5, 0.6) is 0 Å². The van der Waals surface area contributed by atoms with Crippen molar-refractivity contribution < 1.29 is 32.4 Å². The minimum atomic E-state index is -3.92. The molecule has 0 spiro atoms. The van der Waals surface area contributed by atoms with E-state index in [1.165, 1.54) is 16.8 Å². The number of aromatic nitrogens is 2. The standard InChI is InChI=1S/C17H27N4O8P/c1-10(2)27-13(22)5-4-8-25-30(24)26-9-11-14(29-30)17(3,19)15(28-11)21-7-6-12(18)20-16(21)23/h6-7,10-11,14-15H,4-5,8-9,19H2,1-3H3,(H2,18,20,23)/t11-,14-,15-,17-,30+/m1/s1. The van der Waals surface area contributed by atoms with Crippen molar-refractivity contribution in [2.75, 3.05) is 18.9 Å². The molecule has 3 heterocycles. The third kappa shape index (κ3) is 4.90. The molecule has 0 unspecified atom stereocenters. The number of hydrogen-bond acceptors (Lipinski definition) is 11. The summed E-state index contributed by atoms with van der Waals surface area (Å²) in [4.78, 5) is 27.4. The summed E-state index contributed by atoms with van der Waals surface area (Å²) in [6.07, 6.45) is -0.864. The summed E-state index contributed by atoms with van der Waals surface area (Å²) >= 11 is 0. The Bertz CT molecular complexity index is 889. The highest BCUT2D eigenvalue weighted by Crippen LogP contribution is 2.58. The second kappa shape index (κ2) is 8.74. The van der Waals surface area contributed by atoms with E-state index >= 15 is 0 Å². The molecule has 3 rings (SSSR count). The summed E-state index contributed by atoms with van der Waals surface area (Å²) in [5, 5.41) is 0. The molecule has 1 aromatic heterocycles. The van der Waals surface area contributed by atoms with Gasteiger partial charge in [-0.3, -0.25) is 22.9 Å². The number of nitrogens with two attached hydrogens (primary N) is 2. The summed E-state index contributed by atoms with van der Waals surface area (Å²) < 4.78 is 41.1. The highest BCUT2D eigenvalue weighted by molar-refractivity contribution is 7.48. The van der Waals surface area contributed by atoms with Gasteiger partial charge in [-0.05, 0) is 33.3 Å². The number of nitrogens with zero attached hydrogens (tertiary/aromatic N) is 2.